The Morgan fingerprint density at radius 1 is 1.50 bits per heavy atom. The van der Waals surface area contributed by atoms with Crippen molar-refractivity contribution in [2.45, 2.75) is 25.9 Å². The van der Waals surface area contributed by atoms with Crippen molar-refractivity contribution in [1.29, 1.82) is 0 Å². The van der Waals surface area contributed by atoms with E-state index in [1.54, 1.807) is 18.4 Å². The summed E-state index contributed by atoms with van der Waals surface area (Å²) in [4.78, 5) is 5.58. The van der Waals surface area contributed by atoms with Gasteiger partial charge in [0, 0.05) is 29.4 Å². The smallest absolute Gasteiger partial charge is 0.124 e. The van der Waals surface area contributed by atoms with E-state index in [9.17, 15) is 0 Å². The number of nitrogens with zero attached hydrogens (tertiary/aromatic N) is 1. The molecular formula is C15H18N2O2S. The van der Waals surface area contributed by atoms with E-state index in [1.807, 2.05) is 17.6 Å². The second kappa shape index (κ2) is 5.81. The molecule has 2 aromatic rings. The number of hydrogen-bond donors (Lipinski definition) is 1. The summed E-state index contributed by atoms with van der Waals surface area (Å²) in [6.45, 7) is 3.64. The third-order valence-corrected chi connectivity index (χ3v) is 4.55. The molecule has 5 heteroatoms. The molecule has 0 radical (unpaired) electrons. The second-order valence-electron chi connectivity index (χ2n) is 4.84. The standard InChI is InChI=1S/C15H18N2O2S/c1-10-15(20-9-17-10)8-16-13-5-6-19-14-4-3-11(18-2)7-12(13)14/h3-4,7,9,13,16H,5-6,8H2,1-2H3. The zero-order chi connectivity index (χ0) is 13.9. The summed E-state index contributed by atoms with van der Waals surface area (Å²) in [7, 11) is 1.69. The third kappa shape index (κ3) is 2.64. The molecule has 0 fully saturated rings. The zero-order valence-electron chi connectivity index (χ0n) is 11.7. The maximum absolute atomic E-state index is 5.71. The van der Waals surface area contributed by atoms with Gasteiger partial charge in [-0.3, -0.25) is 0 Å². The number of thiazole rings is 1. The van der Waals surface area contributed by atoms with Gasteiger partial charge in [0.15, 0.2) is 0 Å². The van der Waals surface area contributed by atoms with E-state index in [0.29, 0.717) is 6.04 Å². The fraction of sp³-hybridized carbons (Fsp3) is 0.400. The molecule has 4 nitrogen and oxygen atoms in total. The Kier molecular flexibility index (Phi) is 3.89. The van der Waals surface area contributed by atoms with E-state index >= 15 is 0 Å². The predicted molar refractivity (Wildman–Crippen MR) is 79.5 cm³/mol. The monoisotopic (exact) mass is 290 g/mol. The van der Waals surface area contributed by atoms with Crippen LogP contribution in [0.1, 0.15) is 28.6 Å². The molecule has 1 N–H and O–H groups in total. The summed E-state index contributed by atoms with van der Waals surface area (Å²) >= 11 is 1.70. The van der Waals surface area contributed by atoms with Crippen LogP contribution in [0.2, 0.25) is 0 Å². The first-order valence-electron chi connectivity index (χ1n) is 6.71. The molecule has 0 aliphatic carbocycles. The number of benzene rings is 1. The first-order chi connectivity index (χ1) is 9.78. The highest BCUT2D eigenvalue weighted by Crippen LogP contribution is 2.35. The van der Waals surface area contributed by atoms with Crippen LogP contribution in [-0.4, -0.2) is 18.7 Å². The highest BCUT2D eigenvalue weighted by molar-refractivity contribution is 7.09. The molecule has 0 saturated heterocycles. The molecule has 1 aromatic carbocycles. The van der Waals surface area contributed by atoms with Crippen molar-refractivity contribution in [2.75, 3.05) is 13.7 Å². The Labute approximate surface area is 122 Å². The van der Waals surface area contributed by atoms with Gasteiger partial charge in [-0.15, -0.1) is 11.3 Å². The summed E-state index contributed by atoms with van der Waals surface area (Å²) in [6, 6.07) is 6.29. The van der Waals surface area contributed by atoms with Crippen LogP contribution < -0.4 is 14.8 Å². The Bertz CT molecular complexity index is 597. The second-order valence-corrected chi connectivity index (χ2v) is 5.77. The molecule has 0 amide bonds. The lowest BCUT2D eigenvalue weighted by atomic mass is 10.00. The van der Waals surface area contributed by atoms with Crippen LogP contribution in [0.5, 0.6) is 11.5 Å². The topological polar surface area (TPSA) is 43.4 Å². The van der Waals surface area contributed by atoms with Gasteiger partial charge in [-0.05, 0) is 25.1 Å². The van der Waals surface area contributed by atoms with E-state index in [4.69, 9.17) is 9.47 Å². The molecule has 1 aromatic heterocycles. The van der Waals surface area contributed by atoms with E-state index in [-0.39, 0.29) is 0 Å². The van der Waals surface area contributed by atoms with Gasteiger partial charge in [0.2, 0.25) is 0 Å². The van der Waals surface area contributed by atoms with Crippen LogP contribution in [0.25, 0.3) is 0 Å². The molecule has 20 heavy (non-hydrogen) atoms. The maximum Gasteiger partial charge on any atom is 0.124 e. The van der Waals surface area contributed by atoms with E-state index in [1.165, 1.54) is 10.4 Å². The van der Waals surface area contributed by atoms with Crippen LogP contribution in [-0.2, 0) is 6.54 Å². The van der Waals surface area contributed by atoms with E-state index < -0.39 is 0 Å². The lowest BCUT2D eigenvalue weighted by Gasteiger charge is -2.27. The summed E-state index contributed by atoms with van der Waals surface area (Å²) in [5.41, 5.74) is 4.19. The average molecular weight is 290 g/mol. The number of ether oxygens (including phenoxy) is 2. The number of aromatic nitrogens is 1. The maximum atomic E-state index is 5.71. The molecule has 1 aliphatic heterocycles. The van der Waals surface area contributed by atoms with E-state index in [2.05, 4.69) is 23.3 Å². The van der Waals surface area contributed by atoms with Gasteiger partial charge < -0.3 is 14.8 Å². The number of fused-ring (bicyclic) bond motifs is 1. The normalized spacial score (nSPS) is 17.4. The number of aryl methyl sites for hydroxylation is 1. The molecule has 106 valence electrons. The summed E-state index contributed by atoms with van der Waals surface area (Å²) in [5, 5.41) is 3.61. The molecule has 0 saturated carbocycles. The van der Waals surface area contributed by atoms with Crippen LogP contribution in [0, 0.1) is 6.92 Å². The molecule has 2 heterocycles. The largest absolute Gasteiger partial charge is 0.497 e. The first-order valence-corrected chi connectivity index (χ1v) is 7.59. The SMILES string of the molecule is COc1ccc2c(c1)C(NCc1scnc1C)CCO2. The molecular weight excluding hydrogens is 272 g/mol. The summed E-state index contributed by atoms with van der Waals surface area (Å²) in [6.07, 6.45) is 0.970. The molecule has 1 aliphatic rings. The van der Waals surface area contributed by atoms with Crippen molar-refractivity contribution in [1.82, 2.24) is 10.3 Å². The lowest BCUT2D eigenvalue weighted by Crippen LogP contribution is -2.26. The van der Waals surface area contributed by atoms with Gasteiger partial charge in [0.25, 0.3) is 0 Å². The highest BCUT2D eigenvalue weighted by Gasteiger charge is 2.22. The Balaban J connectivity index is 1.77. The average Bonchev–Trinajstić information content (AvgIpc) is 2.89. The van der Waals surface area contributed by atoms with Crippen molar-refractivity contribution in [3.05, 3.63) is 39.8 Å². The van der Waals surface area contributed by atoms with Gasteiger partial charge >= 0.3 is 0 Å². The number of nitrogens with one attached hydrogen (secondary N) is 1. The van der Waals surface area contributed by atoms with Crippen molar-refractivity contribution in [2.24, 2.45) is 0 Å². The van der Waals surface area contributed by atoms with E-state index in [0.717, 1.165) is 36.8 Å². The molecule has 3 rings (SSSR count). The van der Waals surface area contributed by atoms with Gasteiger partial charge in [-0.2, -0.15) is 0 Å². The highest BCUT2D eigenvalue weighted by atomic mass is 32.1. The molecule has 0 spiro atoms. The number of hydrogen-bond acceptors (Lipinski definition) is 5. The lowest BCUT2D eigenvalue weighted by molar-refractivity contribution is 0.251. The fourth-order valence-corrected chi connectivity index (χ4v) is 3.15. The number of methoxy groups -OCH3 is 1. The Hall–Kier alpha value is -1.59. The molecule has 0 bridgehead atoms. The molecule has 1 atom stereocenters. The van der Waals surface area contributed by atoms with Crippen molar-refractivity contribution >= 4 is 11.3 Å². The summed E-state index contributed by atoms with van der Waals surface area (Å²) in [5.74, 6) is 1.82. The van der Waals surface area contributed by atoms with Gasteiger partial charge in [-0.25, -0.2) is 4.98 Å². The number of rotatable bonds is 4. The molecule has 1 unspecified atom stereocenters. The summed E-state index contributed by atoms with van der Waals surface area (Å²) < 4.78 is 11.0. The van der Waals surface area contributed by atoms with Crippen LogP contribution in [0.3, 0.4) is 0 Å². The predicted octanol–water partition coefficient (Wildman–Crippen LogP) is 3.07. The fourth-order valence-electron chi connectivity index (χ4n) is 2.42. The van der Waals surface area contributed by atoms with Crippen molar-refractivity contribution < 1.29 is 9.47 Å². The van der Waals surface area contributed by atoms with Gasteiger partial charge in [0.1, 0.15) is 11.5 Å². The Morgan fingerprint density at radius 3 is 3.15 bits per heavy atom. The van der Waals surface area contributed by atoms with Crippen molar-refractivity contribution in [3.63, 3.8) is 0 Å². The first kappa shape index (κ1) is 13.4. The minimum Gasteiger partial charge on any atom is -0.497 e. The van der Waals surface area contributed by atoms with Gasteiger partial charge in [-0.1, -0.05) is 0 Å². The zero-order valence-corrected chi connectivity index (χ0v) is 12.5. The van der Waals surface area contributed by atoms with Crippen LogP contribution in [0.15, 0.2) is 23.7 Å². The van der Waals surface area contributed by atoms with Crippen LogP contribution in [0.4, 0.5) is 0 Å². The minimum atomic E-state index is 0.301. The quantitative estimate of drug-likeness (QED) is 0.940. The Morgan fingerprint density at radius 2 is 2.40 bits per heavy atom. The third-order valence-electron chi connectivity index (χ3n) is 3.61. The van der Waals surface area contributed by atoms with Gasteiger partial charge in [0.05, 0.1) is 24.9 Å². The van der Waals surface area contributed by atoms with Crippen LogP contribution >= 0.6 is 11.3 Å². The minimum absolute atomic E-state index is 0.301. The van der Waals surface area contributed by atoms with Crippen molar-refractivity contribution in [3.8, 4) is 11.5 Å².